The Labute approximate surface area is 296 Å². The van der Waals surface area contributed by atoms with Gasteiger partial charge in [-0.1, -0.05) is 55.4 Å². The van der Waals surface area contributed by atoms with Crippen LogP contribution in [0.15, 0.2) is 24.5 Å². The second-order valence-corrected chi connectivity index (χ2v) is 17.7. The molecule has 284 valence electrons. The summed E-state index contributed by atoms with van der Waals surface area (Å²) >= 11 is 0. The summed E-state index contributed by atoms with van der Waals surface area (Å²) in [5.41, 5.74) is -0.500. The molecule has 1 aromatic heterocycles. The third-order valence-electron chi connectivity index (χ3n) is 9.11. The average Bonchev–Trinajstić information content (AvgIpc) is 3.43. The van der Waals surface area contributed by atoms with Crippen LogP contribution in [0.2, 0.25) is 0 Å². The molecule has 0 unspecified atom stereocenters. The van der Waals surface area contributed by atoms with Crippen LogP contribution in [-0.4, -0.2) is 110 Å². The van der Waals surface area contributed by atoms with E-state index in [1.54, 1.807) is 45.3 Å². The number of carbonyl (C=O) groups is 4. The Balaban J connectivity index is 2.30. The number of hydrogen-bond acceptors (Lipinski definition) is 7. The van der Waals surface area contributed by atoms with E-state index in [0.29, 0.717) is 12.8 Å². The predicted octanol–water partition coefficient (Wildman–Crippen LogP) is 2.77. The minimum Gasteiger partial charge on any atom is -0.354 e. The number of amides is 5. The molecule has 4 N–H and O–H groups in total. The van der Waals surface area contributed by atoms with Crippen LogP contribution in [-0.2, 0) is 30.8 Å². The molecule has 1 aliphatic rings. The van der Waals surface area contributed by atoms with E-state index in [1.807, 2.05) is 34.6 Å². The van der Waals surface area contributed by atoms with Gasteiger partial charge in [-0.3, -0.25) is 19.4 Å². The summed E-state index contributed by atoms with van der Waals surface area (Å²) in [6.07, 6.45) is 1.38. The van der Waals surface area contributed by atoms with Crippen molar-refractivity contribution in [3.05, 3.63) is 30.1 Å². The number of alkyl halides is 2. The van der Waals surface area contributed by atoms with Gasteiger partial charge in [-0.25, -0.2) is 26.3 Å². The van der Waals surface area contributed by atoms with Crippen molar-refractivity contribution in [2.75, 3.05) is 32.9 Å². The molecule has 1 fully saturated rings. The summed E-state index contributed by atoms with van der Waals surface area (Å²) in [6.45, 7) is 14.9. The molecule has 1 saturated heterocycles. The van der Waals surface area contributed by atoms with Gasteiger partial charge in [0.05, 0.1) is 6.26 Å². The van der Waals surface area contributed by atoms with E-state index in [1.165, 1.54) is 11.9 Å². The Morgan fingerprint density at radius 2 is 1.60 bits per heavy atom. The number of hydrogen-bond donors (Lipinski definition) is 4. The van der Waals surface area contributed by atoms with Crippen LogP contribution in [0.5, 0.6) is 0 Å². The molecule has 5 amide bonds. The predicted molar refractivity (Wildman–Crippen MR) is 188 cm³/mol. The Morgan fingerprint density at radius 3 is 2.10 bits per heavy atom. The molecule has 0 aliphatic carbocycles. The first kappa shape index (κ1) is 42.8. The van der Waals surface area contributed by atoms with Crippen LogP contribution in [0.25, 0.3) is 0 Å². The fraction of sp³-hybridized carbons (Fsp3) is 0.735. The van der Waals surface area contributed by atoms with Gasteiger partial charge in [-0.2, -0.15) is 0 Å². The third kappa shape index (κ3) is 12.7. The van der Waals surface area contributed by atoms with Gasteiger partial charge in [0.1, 0.15) is 18.1 Å². The second kappa shape index (κ2) is 17.7. The van der Waals surface area contributed by atoms with Crippen LogP contribution in [0.4, 0.5) is 13.6 Å². The standard InChI is InChI=1S/C34H57F2N7O6S/c1-21(2)23-14-18-43(27(23)30(45)39-24(19-26(35)36)29(44)38-17-13-22-11-15-37-16-12-22)31(46)28(34(6,7)8)41-32(47)40-25(33(3,4)5)20-42(9)50(10,48)49/h11-12,15-16,21,23-28H,13-14,17-20H2,1-10H3,(H,38,44)(H,39,45)(H2,40,41,47)/t23-,24+,25-,27+,28-/m1/s1. The van der Waals surface area contributed by atoms with Crippen molar-refractivity contribution in [3.63, 3.8) is 0 Å². The highest BCUT2D eigenvalue weighted by atomic mass is 32.2. The number of likely N-dealkylation sites (tertiary alicyclic amines) is 1. The molecule has 5 atom stereocenters. The summed E-state index contributed by atoms with van der Waals surface area (Å²) in [6, 6.07) is -1.51. The molecule has 50 heavy (non-hydrogen) atoms. The maximum Gasteiger partial charge on any atom is 0.315 e. The van der Waals surface area contributed by atoms with Gasteiger partial charge in [0, 0.05) is 51.5 Å². The monoisotopic (exact) mass is 729 g/mol. The van der Waals surface area contributed by atoms with Gasteiger partial charge < -0.3 is 26.2 Å². The third-order valence-corrected chi connectivity index (χ3v) is 10.4. The fourth-order valence-corrected chi connectivity index (χ4v) is 6.26. The molecule has 0 bridgehead atoms. The van der Waals surface area contributed by atoms with E-state index in [2.05, 4.69) is 26.3 Å². The highest BCUT2D eigenvalue weighted by Gasteiger charge is 2.48. The van der Waals surface area contributed by atoms with Crippen molar-refractivity contribution in [3.8, 4) is 0 Å². The van der Waals surface area contributed by atoms with Gasteiger partial charge in [-0.15, -0.1) is 0 Å². The fourth-order valence-electron chi connectivity index (χ4n) is 5.84. The minimum absolute atomic E-state index is 0.00851. The van der Waals surface area contributed by atoms with Gasteiger partial charge in [0.15, 0.2) is 0 Å². The zero-order valence-electron chi connectivity index (χ0n) is 31.0. The molecule has 0 radical (unpaired) electrons. The number of carbonyl (C=O) groups excluding carboxylic acids is 4. The first-order valence-electron chi connectivity index (χ1n) is 17.0. The van der Waals surface area contributed by atoms with E-state index in [0.717, 1.165) is 16.1 Å². The second-order valence-electron chi connectivity index (χ2n) is 15.6. The molecular formula is C34H57F2N7O6S. The lowest BCUT2D eigenvalue weighted by Crippen LogP contribution is -2.62. The first-order valence-corrected chi connectivity index (χ1v) is 18.8. The number of urea groups is 1. The highest BCUT2D eigenvalue weighted by Crippen LogP contribution is 2.33. The summed E-state index contributed by atoms with van der Waals surface area (Å²) in [4.78, 5) is 60.0. The zero-order valence-corrected chi connectivity index (χ0v) is 31.9. The number of aromatic nitrogens is 1. The average molecular weight is 730 g/mol. The summed E-state index contributed by atoms with van der Waals surface area (Å²) < 4.78 is 52.6. The molecule has 0 saturated carbocycles. The zero-order chi connectivity index (χ0) is 38.2. The molecule has 13 nitrogen and oxygen atoms in total. The van der Waals surface area contributed by atoms with Crippen LogP contribution in [0.1, 0.15) is 73.8 Å². The number of likely N-dealkylation sites (N-methyl/N-ethyl adjacent to an activating group) is 1. The molecule has 16 heteroatoms. The molecule has 1 aliphatic heterocycles. The molecule has 1 aromatic rings. The highest BCUT2D eigenvalue weighted by molar-refractivity contribution is 7.88. The number of rotatable bonds is 15. The summed E-state index contributed by atoms with van der Waals surface area (Å²) in [7, 11) is -2.12. The normalized spacial score (nSPS) is 18.9. The van der Waals surface area contributed by atoms with Crippen LogP contribution < -0.4 is 21.3 Å². The van der Waals surface area contributed by atoms with Gasteiger partial charge in [0.25, 0.3) is 0 Å². The number of pyridine rings is 1. The minimum atomic E-state index is -3.53. The lowest BCUT2D eigenvalue weighted by atomic mass is 9.84. The molecular weight excluding hydrogens is 672 g/mol. The Bertz CT molecular complexity index is 1420. The van der Waals surface area contributed by atoms with Gasteiger partial charge in [-0.05, 0) is 53.2 Å². The van der Waals surface area contributed by atoms with Crippen LogP contribution >= 0.6 is 0 Å². The smallest absolute Gasteiger partial charge is 0.315 e. The van der Waals surface area contributed by atoms with E-state index in [4.69, 9.17) is 0 Å². The number of nitrogens with zero attached hydrogens (tertiary/aromatic N) is 3. The molecule has 2 heterocycles. The number of halogens is 2. The summed E-state index contributed by atoms with van der Waals surface area (Å²) in [5, 5.41) is 10.7. The Morgan fingerprint density at radius 1 is 1.00 bits per heavy atom. The van der Waals surface area contributed by atoms with Gasteiger partial charge in [0.2, 0.25) is 34.2 Å². The van der Waals surface area contributed by atoms with E-state index in [9.17, 15) is 36.4 Å². The largest absolute Gasteiger partial charge is 0.354 e. The lowest BCUT2D eigenvalue weighted by molar-refractivity contribution is -0.144. The van der Waals surface area contributed by atoms with Crippen molar-refractivity contribution >= 4 is 33.8 Å². The Hall–Kier alpha value is -3.40. The SMILES string of the molecule is CC(C)[C@H]1CCN(C(=O)[C@@H](NC(=O)N[C@H](CN(C)S(C)(=O)=O)C(C)(C)C)C(C)(C)C)[C@@H]1C(=O)N[C@@H](CC(F)F)C(=O)NCCc1ccncc1. The van der Waals surface area contributed by atoms with Crippen LogP contribution in [0.3, 0.4) is 0 Å². The number of nitrogens with one attached hydrogen (secondary N) is 4. The Kier molecular flexibility index (Phi) is 15.1. The van der Waals surface area contributed by atoms with Crippen molar-refractivity contribution in [2.24, 2.45) is 22.7 Å². The van der Waals surface area contributed by atoms with Crippen molar-refractivity contribution < 1.29 is 36.4 Å². The molecule has 0 aromatic carbocycles. The van der Waals surface area contributed by atoms with Crippen LogP contribution in [0, 0.1) is 22.7 Å². The van der Waals surface area contributed by atoms with E-state index < -0.39 is 81.6 Å². The lowest BCUT2D eigenvalue weighted by Gasteiger charge is -2.38. The molecule has 0 spiro atoms. The van der Waals surface area contributed by atoms with E-state index >= 15 is 0 Å². The number of sulfonamides is 1. The van der Waals surface area contributed by atoms with Crippen molar-refractivity contribution in [1.82, 2.24) is 35.5 Å². The molecule has 2 rings (SSSR count). The quantitative estimate of drug-likeness (QED) is 0.215. The maximum absolute atomic E-state index is 14.3. The summed E-state index contributed by atoms with van der Waals surface area (Å²) in [5.74, 6) is -2.44. The van der Waals surface area contributed by atoms with Gasteiger partial charge >= 0.3 is 6.03 Å². The van der Waals surface area contributed by atoms with E-state index in [-0.39, 0.29) is 31.5 Å². The first-order chi connectivity index (χ1) is 22.9. The maximum atomic E-state index is 14.3. The van der Waals surface area contributed by atoms with Crippen molar-refractivity contribution in [2.45, 2.75) is 105 Å². The van der Waals surface area contributed by atoms with Crippen molar-refractivity contribution in [1.29, 1.82) is 0 Å². The topological polar surface area (TPSA) is 170 Å².